The number of nitrogens with one attached hydrogen (secondary N) is 2. The van der Waals surface area contributed by atoms with Crippen molar-refractivity contribution in [3.8, 4) is 11.5 Å². The molecule has 2 amide bonds. The van der Waals surface area contributed by atoms with Crippen LogP contribution in [0.1, 0.15) is 12.0 Å². The van der Waals surface area contributed by atoms with Crippen LogP contribution in [0.2, 0.25) is 10.0 Å². The lowest BCUT2D eigenvalue weighted by molar-refractivity contribution is -0.126. The highest BCUT2D eigenvalue weighted by molar-refractivity contribution is 6.42. The van der Waals surface area contributed by atoms with Gasteiger partial charge in [-0.1, -0.05) is 23.2 Å². The molecule has 27 heavy (non-hydrogen) atoms. The van der Waals surface area contributed by atoms with Crippen molar-refractivity contribution in [3.05, 3.63) is 52.0 Å². The molecule has 2 N–H and O–H groups in total. The van der Waals surface area contributed by atoms with Crippen LogP contribution in [0, 0.1) is 0 Å². The number of ether oxygens (including phenoxy) is 2. The van der Waals surface area contributed by atoms with E-state index in [1.165, 1.54) is 26.5 Å². The van der Waals surface area contributed by atoms with Crippen molar-refractivity contribution in [2.75, 3.05) is 19.5 Å². The maximum atomic E-state index is 11.9. The fourth-order valence-corrected chi connectivity index (χ4v) is 2.37. The SMILES string of the molecule is COc1ccc(/C=N\NC(=O)CC(=O)Nc2ccc(Cl)c(Cl)c2)cc1OC. The van der Waals surface area contributed by atoms with Crippen molar-refractivity contribution < 1.29 is 19.1 Å². The Kier molecular flexibility index (Phi) is 7.45. The first kappa shape index (κ1) is 20.5. The molecule has 0 unspecified atom stereocenters. The Labute approximate surface area is 166 Å². The number of hydrogen-bond acceptors (Lipinski definition) is 5. The number of hydrazone groups is 1. The summed E-state index contributed by atoms with van der Waals surface area (Å²) in [5.74, 6) is 0.0444. The largest absolute Gasteiger partial charge is 0.493 e. The van der Waals surface area contributed by atoms with Crippen LogP contribution in [0.25, 0.3) is 0 Å². The van der Waals surface area contributed by atoms with Crippen LogP contribution in [-0.2, 0) is 9.59 Å². The third kappa shape index (κ3) is 6.16. The highest BCUT2D eigenvalue weighted by Crippen LogP contribution is 2.27. The van der Waals surface area contributed by atoms with Gasteiger partial charge >= 0.3 is 0 Å². The van der Waals surface area contributed by atoms with Gasteiger partial charge in [-0.15, -0.1) is 0 Å². The molecular weight excluding hydrogens is 393 g/mol. The van der Waals surface area contributed by atoms with Gasteiger partial charge in [0.15, 0.2) is 11.5 Å². The lowest BCUT2D eigenvalue weighted by Gasteiger charge is -2.07. The first-order valence-electron chi connectivity index (χ1n) is 7.71. The maximum absolute atomic E-state index is 11.9. The summed E-state index contributed by atoms with van der Waals surface area (Å²) in [6, 6.07) is 9.79. The van der Waals surface area contributed by atoms with E-state index < -0.39 is 18.2 Å². The van der Waals surface area contributed by atoms with E-state index in [-0.39, 0.29) is 0 Å². The highest BCUT2D eigenvalue weighted by Gasteiger charge is 2.10. The first-order chi connectivity index (χ1) is 12.9. The van der Waals surface area contributed by atoms with E-state index in [4.69, 9.17) is 32.7 Å². The van der Waals surface area contributed by atoms with Crippen LogP contribution in [0.5, 0.6) is 11.5 Å². The van der Waals surface area contributed by atoms with E-state index in [1.807, 2.05) is 0 Å². The number of halogens is 2. The second kappa shape index (κ2) is 9.80. The predicted molar refractivity (Wildman–Crippen MR) is 105 cm³/mol. The van der Waals surface area contributed by atoms with Gasteiger partial charge in [0, 0.05) is 5.69 Å². The van der Waals surface area contributed by atoms with Crippen LogP contribution in [0.15, 0.2) is 41.5 Å². The van der Waals surface area contributed by atoms with Gasteiger partial charge in [0.05, 0.1) is 30.5 Å². The molecule has 0 heterocycles. The summed E-state index contributed by atoms with van der Waals surface area (Å²) < 4.78 is 10.3. The Morgan fingerprint density at radius 1 is 1.00 bits per heavy atom. The topological polar surface area (TPSA) is 89.0 Å². The van der Waals surface area contributed by atoms with Gasteiger partial charge in [0.2, 0.25) is 11.8 Å². The number of amides is 2. The number of anilines is 1. The Hall–Kier alpha value is -2.77. The molecule has 0 saturated heterocycles. The first-order valence-corrected chi connectivity index (χ1v) is 8.47. The molecule has 0 bridgehead atoms. The van der Waals surface area contributed by atoms with E-state index in [0.29, 0.717) is 32.8 Å². The van der Waals surface area contributed by atoms with Gasteiger partial charge in [-0.05, 0) is 42.0 Å². The highest BCUT2D eigenvalue weighted by atomic mass is 35.5. The van der Waals surface area contributed by atoms with Gasteiger partial charge in [-0.3, -0.25) is 9.59 Å². The Bertz CT molecular complexity index is 872. The number of methoxy groups -OCH3 is 2. The van der Waals surface area contributed by atoms with Crippen molar-refractivity contribution >= 4 is 46.9 Å². The number of hydrogen-bond donors (Lipinski definition) is 2. The zero-order chi connectivity index (χ0) is 19.8. The summed E-state index contributed by atoms with van der Waals surface area (Å²) in [6.07, 6.45) is 1.03. The molecular formula is C18H17Cl2N3O4. The molecule has 0 aliphatic rings. The molecule has 9 heteroatoms. The smallest absolute Gasteiger partial charge is 0.249 e. The van der Waals surface area contributed by atoms with E-state index in [0.717, 1.165) is 0 Å². The molecule has 2 aromatic rings. The van der Waals surface area contributed by atoms with Gasteiger partial charge in [-0.2, -0.15) is 5.10 Å². The number of carbonyl (C=O) groups is 2. The molecule has 142 valence electrons. The molecule has 0 fully saturated rings. The van der Waals surface area contributed by atoms with Crippen molar-refractivity contribution in [2.45, 2.75) is 6.42 Å². The molecule has 0 atom stereocenters. The molecule has 0 radical (unpaired) electrons. The third-order valence-corrected chi connectivity index (χ3v) is 4.07. The predicted octanol–water partition coefficient (Wildman–Crippen LogP) is 3.49. The van der Waals surface area contributed by atoms with Crippen molar-refractivity contribution in [3.63, 3.8) is 0 Å². The Morgan fingerprint density at radius 2 is 1.74 bits per heavy atom. The minimum Gasteiger partial charge on any atom is -0.493 e. The van der Waals surface area contributed by atoms with Gasteiger partial charge < -0.3 is 14.8 Å². The Balaban J connectivity index is 1.87. The molecule has 0 aliphatic carbocycles. The minimum atomic E-state index is -0.565. The van der Waals surface area contributed by atoms with Crippen molar-refractivity contribution in [2.24, 2.45) is 5.10 Å². The zero-order valence-electron chi connectivity index (χ0n) is 14.6. The Morgan fingerprint density at radius 3 is 2.41 bits per heavy atom. The maximum Gasteiger partial charge on any atom is 0.249 e. The van der Waals surface area contributed by atoms with E-state index >= 15 is 0 Å². The average Bonchev–Trinajstić information content (AvgIpc) is 2.64. The van der Waals surface area contributed by atoms with E-state index in [2.05, 4.69) is 15.8 Å². The lowest BCUT2D eigenvalue weighted by atomic mass is 10.2. The number of carbonyl (C=O) groups excluding carboxylic acids is 2. The molecule has 0 spiro atoms. The third-order valence-electron chi connectivity index (χ3n) is 3.33. The second-order valence-electron chi connectivity index (χ2n) is 5.26. The molecule has 7 nitrogen and oxygen atoms in total. The fourth-order valence-electron chi connectivity index (χ4n) is 2.08. The number of rotatable bonds is 7. The van der Waals surface area contributed by atoms with Crippen LogP contribution in [-0.4, -0.2) is 32.2 Å². The van der Waals surface area contributed by atoms with Crippen LogP contribution < -0.4 is 20.2 Å². The molecule has 2 rings (SSSR count). The van der Waals surface area contributed by atoms with Crippen molar-refractivity contribution in [1.82, 2.24) is 5.43 Å². The van der Waals surface area contributed by atoms with Crippen LogP contribution in [0.4, 0.5) is 5.69 Å². The zero-order valence-corrected chi connectivity index (χ0v) is 16.1. The van der Waals surface area contributed by atoms with Crippen LogP contribution in [0.3, 0.4) is 0 Å². The van der Waals surface area contributed by atoms with E-state index in [1.54, 1.807) is 30.3 Å². The quantitative estimate of drug-likeness (QED) is 0.416. The summed E-state index contributed by atoms with van der Waals surface area (Å²) in [5.41, 5.74) is 3.41. The standard InChI is InChI=1S/C18H17Cl2N3O4/c1-26-15-6-3-11(7-16(15)27-2)10-21-23-18(25)9-17(24)22-12-4-5-13(19)14(20)8-12/h3-8,10H,9H2,1-2H3,(H,22,24)(H,23,25)/b21-10-. The van der Waals surface area contributed by atoms with Crippen molar-refractivity contribution in [1.29, 1.82) is 0 Å². The monoisotopic (exact) mass is 409 g/mol. The van der Waals surface area contributed by atoms with Gasteiger partial charge in [-0.25, -0.2) is 5.43 Å². The average molecular weight is 410 g/mol. The lowest BCUT2D eigenvalue weighted by Crippen LogP contribution is -2.24. The van der Waals surface area contributed by atoms with Crippen LogP contribution >= 0.6 is 23.2 Å². The summed E-state index contributed by atoms with van der Waals surface area (Å²) in [6.45, 7) is 0. The normalized spacial score (nSPS) is 10.5. The summed E-state index contributed by atoms with van der Waals surface area (Å²) in [7, 11) is 3.06. The fraction of sp³-hybridized carbons (Fsp3) is 0.167. The molecule has 2 aromatic carbocycles. The molecule has 0 saturated carbocycles. The molecule has 0 aromatic heterocycles. The number of benzene rings is 2. The minimum absolute atomic E-state index is 0.304. The van der Waals surface area contributed by atoms with E-state index in [9.17, 15) is 9.59 Å². The van der Waals surface area contributed by atoms with Gasteiger partial charge in [0.25, 0.3) is 0 Å². The summed E-state index contributed by atoms with van der Waals surface area (Å²) in [5, 5.41) is 7.05. The summed E-state index contributed by atoms with van der Waals surface area (Å²) in [4.78, 5) is 23.7. The summed E-state index contributed by atoms with van der Waals surface area (Å²) >= 11 is 11.7. The van der Waals surface area contributed by atoms with Gasteiger partial charge in [0.1, 0.15) is 6.42 Å². The number of nitrogens with zero attached hydrogens (tertiary/aromatic N) is 1. The second-order valence-corrected chi connectivity index (χ2v) is 6.08. The molecule has 0 aliphatic heterocycles.